The van der Waals surface area contributed by atoms with Gasteiger partial charge in [0.05, 0.1) is 29.0 Å². The molecule has 1 N–H and O–H groups in total. The Hall–Kier alpha value is -3.88. The number of carbonyl (C=O) groups is 1. The third kappa shape index (κ3) is 4.52. The highest BCUT2D eigenvalue weighted by Crippen LogP contribution is 2.29. The van der Waals surface area contributed by atoms with Gasteiger partial charge in [-0.1, -0.05) is 11.2 Å². The van der Waals surface area contributed by atoms with Crippen LogP contribution in [0.1, 0.15) is 27.4 Å². The van der Waals surface area contributed by atoms with Crippen LogP contribution < -0.4 is 14.8 Å². The zero-order valence-corrected chi connectivity index (χ0v) is 16.1. The normalized spacial score (nSPS) is 10.4. The molecular weight excluding hydrogens is 378 g/mol. The van der Waals surface area contributed by atoms with E-state index in [1.54, 1.807) is 31.2 Å². The number of benzene rings is 2. The van der Waals surface area contributed by atoms with Crippen LogP contribution in [0.25, 0.3) is 0 Å². The zero-order valence-electron chi connectivity index (χ0n) is 16.1. The molecule has 1 heterocycles. The standard InChI is InChI=1S/C20H19N3O6/c1-12-17(13(2)29-22-12)11-28-16-6-4-5-14(9-16)20(24)21-18-10-15(23(25)26)7-8-19(18)27-3/h4-10H,11H2,1-3H3,(H,21,24). The molecule has 0 unspecified atom stereocenters. The van der Waals surface area contributed by atoms with Crippen molar-refractivity contribution in [3.63, 3.8) is 0 Å². The van der Waals surface area contributed by atoms with Crippen molar-refractivity contribution in [1.29, 1.82) is 0 Å². The van der Waals surface area contributed by atoms with Crippen molar-refractivity contribution < 1.29 is 23.7 Å². The molecule has 0 atom stereocenters. The first kappa shape index (κ1) is 19.9. The zero-order chi connectivity index (χ0) is 21.0. The smallest absolute Gasteiger partial charge is 0.271 e. The Morgan fingerprint density at radius 3 is 2.69 bits per heavy atom. The number of aryl methyl sites for hydroxylation is 2. The maximum absolute atomic E-state index is 12.6. The van der Waals surface area contributed by atoms with Gasteiger partial charge in [-0.2, -0.15) is 0 Å². The summed E-state index contributed by atoms with van der Waals surface area (Å²) in [6.45, 7) is 3.88. The first-order valence-electron chi connectivity index (χ1n) is 8.67. The van der Waals surface area contributed by atoms with Crippen molar-refractivity contribution in [2.75, 3.05) is 12.4 Å². The van der Waals surface area contributed by atoms with Crippen molar-refractivity contribution in [2.24, 2.45) is 0 Å². The molecule has 0 fully saturated rings. The van der Waals surface area contributed by atoms with Gasteiger partial charge < -0.3 is 19.3 Å². The number of amides is 1. The summed E-state index contributed by atoms with van der Waals surface area (Å²) in [5.74, 6) is 1.03. The van der Waals surface area contributed by atoms with Gasteiger partial charge in [0.1, 0.15) is 23.9 Å². The third-order valence-electron chi connectivity index (χ3n) is 4.30. The lowest BCUT2D eigenvalue weighted by Gasteiger charge is -2.11. The number of anilines is 1. The molecule has 0 aliphatic carbocycles. The quantitative estimate of drug-likeness (QED) is 0.472. The Kier molecular flexibility index (Phi) is 5.77. The largest absolute Gasteiger partial charge is 0.495 e. The Morgan fingerprint density at radius 2 is 2.03 bits per heavy atom. The first-order chi connectivity index (χ1) is 13.9. The Balaban J connectivity index is 1.76. The van der Waals surface area contributed by atoms with Gasteiger partial charge in [-0.15, -0.1) is 0 Å². The molecule has 0 radical (unpaired) electrons. The van der Waals surface area contributed by atoms with Gasteiger partial charge in [-0.25, -0.2) is 0 Å². The van der Waals surface area contributed by atoms with Crippen molar-refractivity contribution >= 4 is 17.3 Å². The molecule has 2 aromatic carbocycles. The summed E-state index contributed by atoms with van der Waals surface area (Å²) in [7, 11) is 1.42. The van der Waals surface area contributed by atoms with E-state index in [4.69, 9.17) is 14.0 Å². The van der Waals surface area contributed by atoms with Crippen LogP contribution in [0.15, 0.2) is 47.0 Å². The molecule has 3 aromatic rings. The average Bonchev–Trinajstić information content (AvgIpc) is 3.04. The summed E-state index contributed by atoms with van der Waals surface area (Å²) in [5.41, 5.74) is 1.97. The Labute approximate surface area is 166 Å². The second kappa shape index (κ2) is 8.42. The maximum atomic E-state index is 12.6. The number of non-ortho nitro benzene ring substituents is 1. The molecule has 9 heteroatoms. The fraction of sp³-hybridized carbons (Fsp3) is 0.200. The lowest BCUT2D eigenvalue weighted by atomic mass is 10.2. The van der Waals surface area contributed by atoms with Crippen LogP contribution in [0.2, 0.25) is 0 Å². The third-order valence-corrected chi connectivity index (χ3v) is 4.30. The monoisotopic (exact) mass is 397 g/mol. The van der Waals surface area contributed by atoms with Crippen molar-refractivity contribution in [2.45, 2.75) is 20.5 Å². The number of nitrogens with zero attached hydrogens (tertiary/aromatic N) is 2. The van der Waals surface area contributed by atoms with E-state index >= 15 is 0 Å². The van der Waals surface area contributed by atoms with E-state index in [0.29, 0.717) is 22.8 Å². The molecule has 0 saturated heterocycles. The van der Waals surface area contributed by atoms with Crippen LogP contribution in [0.4, 0.5) is 11.4 Å². The number of aromatic nitrogens is 1. The van der Waals surface area contributed by atoms with E-state index in [0.717, 1.165) is 11.3 Å². The topological polar surface area (TPSA) is 117 Å². The van der Waals surface area contributed by atoms with Crippen LogP contribution in [0, 0.1) is 24.0 Å². The van der Waals surface area contributed by atoms with Crippen molar-refractivity contribution in [1.82, 2.24) is 5.16 Å². The summed E-state index contributed by atoms with van der Waals surface area (Å²) in [5, 5.41) is 17.5. The molecule has 150 valence electrons. The van der Waals surface area contributed by atoms with Crippen LogP contribution in [0.5, 0.6) is 11.5 Å². The molecule has 0 aliphatic heterocycles. The van der Waals surface area contributed by atoms with Gasteiger partial charge in [0, 0.05) is 17.7 Å². The SMILES string of the molecule is COc1ccc([N+](=O)[O-])cc1NC(=O)c1cccc(OCc2c(C)noc2C)c1. The summed E-state index contributed by atoms with van der Waals surface area (Å²) in [4.78, 5) is 23.1. The minimum atomic E-state index is -0.543. The second-order valence-corrected chi connectivity index (χ2v) is 6.22. The van der Waals surface area contributed by atoms with Gasteiger partial charge >= 0.3 is 0 Å². The summed E-state index contributed by atoms with van der Waals surface area (Å²) in [6, 6.07) is 10.6. The van der Waals surface area contributed by atoms with Gasteiger partial charge in [0.25, 0.3) is 11.6 Å². The van der Waals surface area contributed by atoms with E-state index in [-0.39, 0.29) is 18.0 Å². The number of methoxy groups -OCH3 is 1. The lowest BCUT2D eigenvalue weighted by molar-refractivity contribution is -0.384. The van der Waals surface area contributed by atoms with Crippen LogP contribution >= 0.6 is 0 Å². The van der Waals surface area contributed by atoms with Crippen molar-refractivity contribution in [3.8, 4) is 11.5 Å². The molecule has 3 rings (SSSR count). The molecule has 1 amide bonds. The molecule has 0 saturated carbocycles. The highest BCUT2D eigenvalue weighted by atomic mass is 16.6. The molecule has 29 heavy (non-hydrogen) atoms. The van der Waals surface area contributed by atoms with E-state index < -0.39 is 10.8 Å². The van der Waals surface area contributed by atoms with Gasteiger partial charge in [0.2, 0.25) is 0 Å². The molecule has 0 aliphatic rings. The molecular formula is C20H19N3O6. The number of hydrogen-bond acceptors (Lipinski definition) is 7. The predicted octanol–water partition coefficient (Wildman–Crippen LogP) is 4.04. The van der Waals surface area contributed by atoms with Crippen LogP contribution in [0.3, 0.4) is 0 Å². The number of rotatable bonds is 7. The Bertz CT molecular complexity index is 1040. The minimum absolute atomic E-state index is 0.155. The van der Waals surface area contributed by atoms with Crippen molar-refractivity contribution in [3.05, 3.63) is 75.2 Å². The number of nitro groups is 1. The molecule has 0 spiro atoms. The minimum Gasteiger partial charge on any atom is -0.495 e. The number of nitrogens with one attached hydrogen (secondary N) is 1. The van der Waals surface area contributed by atoms with Gasteiger partial charge in [-0.3, -0.25) is 14.9 Å². The fourth-order valence-corrected chi connectivity index (χ4v) is 2.69. The number of nitro benzene ring substituents is 1. The maximum Gasteiger partial charge on any atom is 0.271 e. The summed E-state index contributed by atoms with van der Waals surface area (Å²) < 4.78 is 16.0. The Morgan fingerprint density at radius 1 is 1.24 bits per heavy atom. The van der Waals surface area contributed by atoms with E-state index in [9.17, 15) is 14.9 Å². The highest BCUT2D eigenvalue weighted by molar-refractivity contribution is 6.05. The van der Waals surface area contributed by atoms with Crippen LogP contribution in [-0.4, -0.2) is 23.1 Å². The first-order valence-corrected chi connectivity index (χ1v) is 8.67. The lowest BCUT2D eigenvalue weighted by Crippen LogP contribution is -2.13. The predicted molar refractivity (Wildman–Crippen MR) is 104 cm³/mol. The molecule has 0 bridgehead atoms. The number of carbonyl (C=O) groups excluding carboxylic acids is 1. The van der Waals surface area contributed by atoms with E-state index in [1.165, 1.54) is 25.3 Å². The van der Waals surface area contributed by atoms with Gasteiger partial charge in [0.15, 0.2) is 0 Å². The fourth-order valence-electron chi connectivity index (χ4n) is 2.69. The van der Waals surface area contributed by atoms with E-state index in [2.05, 4.69) is 10.5 Å². The summed E-state index contributed by atoms with van der Waals surface area (Å²) >= 11 is 0. The highest BCUT2D eigenvalue weighted by Gasteiger charge is 2.15. The average molecular weight is 397 g/mol. The second-order valence-electron chi connectivity index (χ2n) is 6.22. The molecule has 9 nitrogen and oxygen atoms in total. The summed E-state index contributed by atoms with van der Waals surface area (Å²) in [6.07, 6.45) is 0. The van der Waals surface area contributed by atoms with Crippen LogP contribution in [-0.2, 0) is 6.61 Å². The van der Waals surface area contributed by atoms with Gasteiger partial charge in [-0.05, 0) is 38.1 Å². The molecule has 1 aromatic heterocycles. The number of hydrogen-bond donors (Lipinski definition) is 1. The number of ether oxygens (including phenoxy) is 2. The van der Waals surface area contributed by atoms with E-state index in [1.807, 2.05) is 6.92 Å².